The molecule has 0 atom stereocenters. The lowest BCUT2D eigenvalue weighted by molar-refractivity contribution is -0.0249. The number of pyridine rings is 1. The van der Waals surface area contributed by atoms with Crippen molar-refractivity contribution in [3.8, 4) is 5.88 Å². The van der Waals surface area contributed by atoms with E-state index in [2.05, 4.69) is 26.0 Å². The Kier molecular flexibility index (Phi) is 3.72. The van der Waals surface area contributed by atoms with Crippen LogP contribution in [-0.2, 0) is 5.60 Å². The van der Waals surface area contributed by atoms with Crippen molar-refractivity contribution in [1.82, 2.24) is 14.6 Å². The van der Waals surface area contributed by atoms with Gasteiger partial charge in [0, 0.05) is 18.6 Å². The molecule has 0 unspecified atom stereocenters. The highest BCUT2D eigenvalue weighted by Gasteiger charge is 2.26. The van der Waals surface area contributed by atoms with E-state index in [1.807, 2.05) is 0 Å². The van der Waals surface area contributed by atoms with Crippen molar-refractivity contribution in [2.75, 3.05) is 6.61 Å². The van der Waals surface area contributed by atoms with Gasteiger partial charge >= 0.3 is 0 Å². The molecule has 0 aliphatic heterocycles. The molecular weight excluding hydrogens is 336 g/mol. The van der Waals surface area contributed by atoms with Crippen LogP contribution in [0.1, 0.15) is 26.3 Å². The monoisotopic (exact) mass is 349 g/mol. The van der Waals surface area contributed by atoms with Gasteiger partial charge in [-0.05, 0) is 35.8 Å². The van der Waals surface area contributed by atoms with Crippen molar-refractivity contribution < 1.29 is 18.6 Å². The summed E-state index contributed by atoms with van der Waals surface area (Å²) < 4.78 is 32.4. The first-order chi connectivity index (χ1) is 9.08. The quantitative estimate of drug-likeness (QED) is 0.921. The van der Waals surface area contributed by atoms with Crippen LogP contribution in [0.4, 0.5) is 8.78 Å². The largest absolute Gasteiger partial charge is 0.471 e. The number of ether oxygens (including phenoxy) is 1. The minimum absolute atomic E-state index is 0.132. The standard InChI is InChI=1S/C12H14BrF2N3O2/c1-11(2,19)7-4-5-8(20-6-12(3,14)15)18-9(7)16-10(13)17-18/h4-5,19H,6H2,1-3H3. The van der Waals surface area contributed by atoms with E-state index >= 15 is 0 Å². The van der Waals surface area contributed by atoms with Crippen LogP contribution in [0.2, 0.25) is 0 Å². The molecule has 0 spiro atoms. The number of halogens is 3. The molecule has 0 radical (unpaired) electrons. The highest BCUT2D eigenvalue weighted by molar-refractivity contribution is 9.10. The number of aromatic nitrogens is 3. The number of fused-ring (bicyclic) bond motifs is 1. The van der Waals surface area contributed by atoms with Crippen molar-refractivity contribution in [2.24, 2.45) is 0 Å². The van der Waals surface area contributed by atoms with Crippen molar-refractivity contribution in [2.45, 2.75) is 32.3 Å². The minimum atomic E-state index is -2.95. The molecule has 110 valence electrons. The van der Waals surface area contributed by atoms with Gasteiger partial charge in [-0.2, -0.15) is 4.52 Å². The summed E-state index contributed by atoms with van der Waals surface area (Å²) in [6.45, 7) is 3.21. The Bertz CT molecular complexity index is 632. The first kappa shape index (κ1) is 15.1. The summed E-state index contributed by atoms with van der Waals surface area (Å²) in [4.78, 5) is 4.13. The molecule has 0 saturated heterocycles. The van der Waals surface area contributed by atoms with Gasteiger partial charge in [-0.25, -0.2) is 13.8 Å². The van der Waals surface area contributed by atoms with E-state index < -0.39 is 18.1 Å². The van der Waals surface area contributed by atoms with Crippen LogP contribution in [0.3, 0.4) is 0 Å². The summed E-state index contributed by atoms with van der Waals surface area (Å²) in [5, 5.41) is 14.1. The lowest BCUT2D eigenvalue weighted by atomic mass is 10.00. The van der Waals surface area contributed by atoms with Gasteiger partial charge in [0.1, 0.15) is 0 Å². The zero-order valence-electron chi connectivity index (χ0n) is 11.2. The molecule has 5 nitrogen and oxygen atoms in total. The molecule has 0 aliphatic carbocycles. The molecule has 2 aromatic heterocycles. The Morgan fingerprint density at radius 1 is 1.35 bits per heavy atom. The molecule has 0 fully saturated rings. The summed E-state index contributed by atoms with van der Waals surface area (Å²) >= 11 is 3.12. The first-order valence-corrected chi connectivity index (χ1v) is 6.66. The fourth-order valence-electron chi connectivity index (χ4n) is 1.70. The van der Waals surface area contributed by atoms with Crippen LogP contribution in [0, 0.1) is 0 Å². The molecule has 2 aromatic rings. The maximum absolute atomic E-state index is 12.9. The van der Waals surface area contributed by atoms with Crippen molar-refractivity contribution >= 4 is 21.6 Å². The molecule has 8 heteroatoms. The van der Waals surface area contributed by atoms with Gasteiger partial charge in [0.2, 0.25) is 10.6 Å². The van der Waals surface area contributed by atoms with Crippen LogP contribution < -0.4 is 4.74 Å². The van der Waals surface area contributed by atoms with Gasteiger partial charge in [-0.15, -0.1) is 5.10 Å². The van der Waals surface area contributed by atoms with Crippen LogP contribution in [0.25, 0.3) is 5.65 Å². The van der Waals surface area contributed by atoms with Crippen molar-refractivity contribution in [3.05, 3.63) is 22.4 Å². The van der Waals surface area contributed by atoms with Gasteiger partial charge in [-0.1, -0.05) is 0 Å². The van der Waals surface area contributed by atoms with Crippen molar-refractivity contribution in [1.29, 1.82) is 0 Å². The molecule has 2 rings (SSSR count). The van der Waals surface area contributed by atoms with Gasteiger partial charge < -0.3 is 9.84 Å². The first-order valence-electron chi connectivity index (χ1n) is 5.87. The predicted octanol–water partition coefficient (Wildman–Crippen LogP) is 2.75. The minimum Gasteiger partial charge on any atom is -0.471 e. The lowest BCUT2D eigenvalue weighted by Gasteiger charge is -2.19. The second-order valence-electron chi connectivity index (χ2n) is 5.12. The number of aliphatic hydroxyl groups is 1. The Morgan fingerprint density at radius 3 is 2.55 bits per heavy atom. The van der Waals surface area contributed by atoms with E-state index in [1.165, 1.54) is 10.6 Å². The zero-order chi connectivity index (χ0) is 15.1. The number of rotatable bonds is 4. The third-order valence-corrected chi connectivity index (χ3v) is 2.89. The van der Waals surface area contributed by atoms with Crippen LogP contribution in [0.15, 0.2) is 16.9 Å². The second kappa shape index (κ2) is 4.92. The predicted molar refractivity (Wildman–Crippen MR) is 72.0 cm³/mol. The summed E-state index contributed by atoms with van der Waals surface area (Å²) in [6, 6.07) is 3.06. The van der Waals surface area contributed by atoms with Gasteiger partial charge in [0.15, 0.2) is 12.3 Å². The Morgan fingerprint density at radius 2 is 2.00 bits per heavy atom. The number of nitrogens with zero attached hydrogens (tertiary/aromatic N) is 3. The summed E-state index contributed by atoms with van der Waals surface area (Å²) in [6.07, 6.45) is 0. The average molecular weight is 350 g/mol. The molecular formula is C12H14BrF2N3O2. The smallest absolute Gasteiger partial charge is 0.278 e. The Balaban J connectivity index is 2.49. The summed E-state index contributed by atoms with van der Waals surface area (Å²) in [7, 11) is 0. The van der Waals surface area contributed by atoms with Gasteiger partial charge in [0.05, 0.1) is 5.60 Å². The molecule has 2 heterocycles. The molecule has 0 amide bonds. The van der Waals surface area contributed by atoms with E-state index in [0.29, 0.717) is 11.2 Å². The SMILES string of the molecule is CC(F)(F)COc1ccc(C(C)(C)O)c2nc(Br)nn12. The van der Waals surface area contributed by atoms with Crippen molar-refractivity contribution in [3.63, 3.8) is 0 Å². The molecule has 20 heavy (non-hydrogen) atoms. The third-order valence-electron chi connectivity index (χ3n) is 2.56. The fourth-order valence-corrected chi connectivity index (χ4v) is 2.03. The van der Waals surface area contributed by atoms with E-state index in [1.54, 1.807) is 19.9 Å². The number of hydrogen-bond donors (Lipinski definition) is 1. The average Bonchev–Trinajstić information content (AvgIpc) is 2.64. The highest BCUT2D eigenvalue weighted by atomic mass is 79.9. The summed E-state index contributed by atoms with van der Waals surface area (Å²) in [5.41, 5.74) is -0.270. The molecule has 0 bridgehead atoms. The van der Waals surface area contributed by atoms with Crippen LogP contribution in [0.5, 0.6) is 5.88 Å². The molecule has 0 aliphatic rings. The van der Waals surface area contributed by atoms with E-state index in [0.717, 1.165) is 6.92 Å². The zero-order valence-corrected chi connectivity index (χ0v) is 12.8. The normalized spacial score (nSPS) is 12.9. The van der Waals surface area contributed by atoms with E-state index in [9.17, 15) is 13.9 Å². The van der Waals surface area contributed by atoms with Gasteiger partial charge in [0.25, 0.3) is 5.92 Å². The second-order valence-corrected chi connectivity index (χ2v) is 5.83. The Labute approximate surface area is 122 Å². The Hall–Kier alpha value is -1.28. The molecule has 0 saturated carbocycles. The maximum atomic E-state index is 12.9. The maximum Gasteiger partial charge on any atom is 0.278 e. The number of alkyl halides is 2. The van der Waals surface area contributed by atoms with Crippen LogP contribution >= 0.6 is 15.9 Å². The molecule has 0 aromatic carbocycles. The lowest BCUT2D eigenvalue weighted by Crippen LogP contribution is -2.22. The number of hydrogen-bond acceptors (Lipinski definition) is 4. The summed E-state index contributed by atoms with van der Waals surface area (Å²) in [5.74, 6) is -2.81. The molecule has 1 N–H and O–H groups in total. The van der Waals surface area contributed by atoms with E-state index in [4.69, 9.17) is 4.74 Å². The fraction of sp³-hybridized carbons (Fsp3) is 0.500. The third kappa shape index (κ3) is 3.24. The highest BCUT2D eigenvalue weighted by Crippen LogP contribution is 2.28. The van der Waals surface area contributed by atoms with Crippen LogP contribution in [-0.4, -0.2) is 32.2 Å². The van der Waals surface area contributed by atoms with E-state index in [-0.39, 0.29) is 10.6 Å². The van der Waals surface area contributed by atoms with Gasteiger partial charge in [-0.3, -0.25) is 0 Å². The topological polar surface area (TPSA) is 59.7 Å².